The number of benzene rings is 2. The minimum atomic E-state index is -0.772. The second-order valence-electron chi connectivity index (χ2n) is 6.55. The highest BCUT2D eigenvalue weighted by atomic mass is 16.5. The van der Waals surface area contributed by atoms with Crippen molar-refractivity contribution in [2.45, 2.75) is 32.7 Å². The van der Waals surface area contributed by atoms with E-state index in [1.807, 2.05) is 55.5 Å². The SMILES string of the molecule is CCC[C@@H](NC(=O)COC(=O)/C(=C/c1ccccc1)NC(C)=O)c1ccccc1. The Labute approximate surface area is 171 Å². The van der Waals surface area contributed by atoms with Gasteiger partial charge in [0.15, 0.2) is 6.61 Å². The minimum Gasteiger partial charge on any atom is -0.451 e. The Morgan fingerprint density at radius 1 is 1.00 bits per heavy atom. The van der Waals surface area contributed by atoms with Gasteiger partial charge in [-0.25, -0.2) is 4.79 Å². The summed E-state index contributed by atoms with van der Waals surface area (Å²) >= 11 is 0. The van der Waals surface area contributed by atoms with Crippen molar-refractivity contribution >= 4 is 23.9 Å². The van der Waals surface area contributed by atoms with Crippen molar-refractivity contribution in [3.63, 3.8) is 0 Å². The average molecular weight is 394 g/mol. The van der Waals surface area contributed by atoms with Gasteiger partial charge in [0.1, 0.15) is 5.70 Å². The number of nitrogens with one attached hydrogen (secondary N) is 2. The number of carbonyl (C=O) groups excluding carboxylic acids is 3. The van der Waals surface area contributed by atoms with Gasteiger partial charge in [-0.1, -0.05) is 74.0 Å². The molecular formula is C23H26N2O4. The van der Waals surface area contributed by atoms with Crippen molar-refractivity contribution in [2.75, 3.05) is 6.61 Å². The first kappa shape index (κ1) is 21.9. The van der Waals surface area contributed by atoms with Crippen LogP contribution < -0.4 is 10.6 Å². The number of carbonyl (C=O) groups is 3. The molecule has 152 valence electrons. The Bertz CT molecular complexity index is 848. The molecule has 0 saturated heterocycles. The first-order valence-corrected chi connectivity index (χ1v) is 9.55. The van der Waals surface area contributed by atoms with Crippen molar-refractivity contribution < 1.29 is 19.1 Å². The lowest BCUT2D eigenvalue weighted by atomic mass is 10.0. The maximum Gasteiger partial charge on any atom is 0.355 e. The first-order chi connectivity index (χ1) is 14.0. The van der Waals surface area contributed by atoms with Crippen molar-refractivity contribution in [2.24, 2.45) is 0 Å². The molecule has 0 heterocycles. The molecule has 0 aliphatic carbocycles. The van der Waals surface area contributed by atoms with E-state index in [0.717, 1.165) is 24.0 Å². The van der Waals surface area contributed by atoms with E-state index in [2.05, 4.69) is 10.6 Å². The van der Waals surface area contributed by atoms with Gasteiger partial charge >= 0.3 is 5.97 Å². The van der Waals surface area contributed by atoms with Crippen LogP contribution in [0.1, 0.15) is 43.9 Å². The maximum atomic E-state index is 12.4. The zero-order valence-electron chi connectivity index (χ0n) is 16.7. The fraction of sp³-hybridized carbons (Fsp3) is 0.261. The molecule has 6 heteroatoms. The molecule has 0 aliphatic heterocycles. The maximum absolute atomic E-state index is 12.4. The van der Waals surface area contributed by atoms with Crippen molar-refractivity contribution in [3.05, 3.63) is 77.5 Å². The van der Waals surface area contributed by atoms with Gasteiger partial charge in [0.05, 0.1) is 6.04 Å². The van der Waals surface area contributed by atoms with E-state index < -0.39 is 24.4 Å². The summed E-state index contributed by atoms with van der Waals surface area (Å²) in [4.78, 5) is 36.1. The fourth-order valence-corrected chi connectivity index (χ4v) is 2.79. The lowest BCUT2D eigenvalue weighted by Gasteiger charge is -2.18. The van der Waals surface area contributed by atoms with Gasteiger partial charge in [-0.15, -0.1) is 0 Å². The number of ether oxygens (including phenoxy) is 1. The van der Waals surface area contributed by atoms with E-state index in [4.69, 9.17) is 4.74 Å². The van der Waals surface area contributed by atoms with Crippen LogP contribution in [0.25, 0.3) is 6.08 Å². The second-order valence-corrected chi connectivity index (χ2v) is 6.55. The first-order valence-electron chi connectivity index (χ1n) is 9.55. The minimum absolute atomic E-state index is 0.0235. The summed E-state index contributed by atoms with van der Waals surface area (Å²) < 4.78 is 5.12. The molecule has 0 aromatic heterocycles. The molecule has 0 unspecified atom stereocenters. The summed E-state index contributed by atoms with van der Waals surface area (Å²) in [7, 11) is 0. The molecule has 0 aliphatic rings. The highest BCUT2D eigenvalue weighted by Crippen LogP contribution is 2.18. The predicted octanol–water partition coefficient (Wildman–Crippen LogP) is 3.36. The third kappa shape index (κ3) is 7.62. The topological polar surface area (TPSA) is 84.5 Å². The van der Waals surface area contributed by atoms with E-state index in [-0.39, 0.29) is 11.7 Å². The molecule has 2 amide bonds. The van der Waals surface area contributed by atoms with Crippen LogP contribution in [-0.4, -0.2) is 24.4 Å². The molecular weight excluding hydrogens is 368 g/mol. The summed E-state index contributed by atoms with van der Waals surface area (Å²) in [5, 5.41) is 5.35. The molecule has 0 saturated carbocycles. The fourth-order valence-electron chi connectivity index (χ4n) is 2.79. The van der Waals surface area contributed by atoms with Gasteiger partial charge in [0.25, 0.3) is 5.91 Å². The summed E-state index contributed by atoms with van der Waals surface area (Å²) in [6.07, 6.45) is 3.17. The zero-order valence-corrected chi connectivity index (χ0v) is 16.7. The van der Waals surface area contributed by atoms with Gasteiger partial charge in [-0.3, -0.25) is 9.59 Å². The van der Waals surface area contributed by atoms with Crippen LogP contribution in [-0.2, 0) is 19.1 Å². The number of esters is 1. The zero-order chi connectivity index (χ0) is 21.1. The number of hydrogen-bond donors (Lipinski definition) is 2. The summed E-state index contributed by atoms with van der Waals surface area (Å²) in [6.45, 7) is 2.90. The third-order valence-electron chi connectivity index (χ3n) is 4.09. The molecule has 2 aromatic carbocycles. The molecule has 0 bridgehead atoms. The van der Waals surface area contributed by atoms with Crippen LogP contribution in [0.4, 0.5) is 0 Å². The molecule has 0 radical (unpaired) electrons. The lowest BCUT2D eigenvalue weighted by molar-refractivity contribution is -0.145. The molecule has 1 atom stereocenters. The van der Waals surface area contributed by atoms with E-state index in [1.165, 1.54) is 13.0 Å². The lowest BCUT2D eigenvalue weighted by Crippen LogP contribution is -2.34. The Balaban J connectivity index is 2.00. The Morgan fingerprint density at radius 3 is 2.21 bits per heavy atom. The summed E-state index contributed by atoms with van der Waals surface area (Å²) in [5.41, 5.74) is 1.70. The highest BCUT2D eigenvalue weighted by molar-refractivity contribution is 5.98. The summed E-state index contributed by atoms with van der Waals surface area (Å²) in [6, 6.07) is 18.5. The molecule has 29 heavy (non-hydrogen) atoms. The van der Waals surface area contributed by atoms with Crippen LogP contribution in [0, 0.1) is 0 Å². The van der Waals surface area contributed by atoms with Crippen molar-refractivity contribution in [1.29, 1.82) is 0 Å². The van der Waals surface area contributed by atoms with Gasteiger partial charge in [-0.05, 0) is 23.6 Å². The van der Waals surface area contributed by atoms with E-state index in [9.17, 15) is 14.4 Å². The van der Waals surface area contributed by atoms with Gasteiger partial charge in [0, 0.05) is 6.92 Å². The molecule has 2 N–H and O–H groups in total. The monoisotopic (exact) mass is 394 g/mol. The highest BCUT2D eigenvalue weighted by Gasteiger charge is 2.17. The van der Waals surface area contributed by atoms with Gasteiger partial charge < -0.3 is 15.4 Å². The average Bonchev–Trinajstić information content (AvgIpc) is 2.72. The van der Waals surface area contributed by atoms with Crippen LogP contribution >= 0.6 is 0 Å². The molecule has 6 nitrogen and oxygen atoms in total. The van der Waals surface area contributed by atoms with E-state index in [1.54, 1.807) is 12.1 Å². The Morgan fingerprint density at radius 2 is 1.62 bits per heavy atom. The predicted molar refractivity (Wildman–Crippen MR) is 111 cm³/mol. The van der Waals surface area contributed by atoms with Crippen molar-refractivity contribution in [3.8, 4) is 0 Å². The Hall–Kier alpha value is -3.41. The van der Waals surface area contributed by atoms with Crippen LogP contribution in [0.3, 0.4) is 0 Å². The largest absolute Gasteiger partial charge is 0.451 e. The molecule has 2 aromatic rings. The summed E-state index contributed by atoms with van der Waals surface area (Å²) in [5.74, 6) is -1.57. The smallest absolute Gasteiger partial charge is 0.355 e. The molecule has 0 fully saturated rings. The van der Waals surface area contributed by atoms with E-state index >= 15 is 0 Å². The molecule has 2 rings (SSSR count). The Kier molecular flexibility index (Phi) is 8.63. The van der Waals surface area contributed by atoms with Crippen LogP contribution in [0.5, 0.6) is 0 Å². The number of amides is 2. The molecule has 0 spiro atoms. The number of hydrogen-bond acceptors (Lipinski definition) is 4. The van der Waals surface area contributed by atoms with Crippen molar-refractivity contribution in [1.82, 2.24) is 10.6 Å². The van der Waals surface area contributed by atoms with Crippen LogP contribution in [0.2, 0.25) is 0 Å². The quantitative estimate of drug-likeness (QED) is 0.504. The normalized spacial score (nSPS) is 12.0. The third-order valence-corrected chi connectivity index (χ3v) is 4.09. The van der Waals surface area contributed by atoms with Gasteiger partial charge in [0.2, 0.25) is 5.91 Å². The van der Waals surface area contributed by atoms with Gasteiger partial charge in [-0.2, -0.15) is 0 Å². The number of rotatable bonds is 9. The second kappa shape index (κ2) is 11.4. The van der Waals surface area contributed by atoms with E-state index in [0.29, 0.717) is 0 Å². The standard InChI is InChI=1S/C23H26N2O4/c1-3-10-20(19-13-8-5-9-14-19)25-22(27)16-29-23(28)21(24-17(2)26)15-18-11-6-4-7-12-18/h4-9,11-15,20H,3,10,16H2,1-2H3,(H,24,26)(H,25,27)/b21-15-/t20-/m1/s1. The van der Waals surface area contributed by atoms with Crippen LogP contribution in [0.15, 0.2) is 66.4 Å².